The number of anilines is 2. The summed E-state index contributed by atoms with van der Waals surface area (Å²) in [5.41, 5.74) is 1.71. The first kappa shape index (κ1) is 24.5. The maximum absolute atomic E-state index is 13.1. The van der Waals surface area contributed by atoms with E-state index in [1.165, 1.54) is 0 Å². The van der Waals surface area contributed by atoms with Gasteiger partial charge >= 0.3 is 0 Å². The summed E-state index contributed by atoms with van der Waals surface area (Å²) in [5, 5.41) is 10.4. The summed E-state index contributed by atoms with van der Waals surface area (Å²) in [7, 11) is 1.55. The predicted molar refractivity (Wildman–Crippen MR) is 142 cm³/mol. The van der Waals surface area contributed by atoms with Gasteiger partial charge in [0.15, 0.2) is 0 Å². The quantitative estimate of drug-likeness (QED) is 0.320. The zero-order valence-corrected chi connectivity index (χ0v) is 20.1. The maximum atomic E-state index is 13.1. The van der Waals surface area contributed by atoms with Crippen molar-refractivity contribution in [3.63, 3.8) is 0 Å². The normalized spacial score (nSPS) is 11.4. The number of hydrogen-bond acceptors (Lipinski definition) is 4. The molecule has 7 heteroatoms. The highest BCUT2D eigenvalue weighted by atomic mass is 16.5. The van der Waals surface area contributed by atoms with E-state index in [1.54, 1.807) is 55.6 Å². The van der Waals surface area contributed by atoms with Crippen LogP contribution in [0.5, 0.6) is 5.75 Å². The van der Waals surface area contributed by atoms with Crippen LogP contribution in [0.25, 0.3) is 10.8 Å². The summed E-state index contributed by atoms with van der Waals surface area (Å²) >= 11 is 0. The third kappa shape index (κ3) is 5.52. The van der Waals surface area contributed by atoms with Gasteiger partial charge in [0, 0.05) is 16.6 Å². The third-order valence-electron chi connectivity index (χ3n) is 5.85. The monoisotopic (exact) mass is 481 g/mol. The Kier molecular flexibility index (Phi) is 7.60. The highest BCUT2D eigenvalue weighted by molar-refractivity contribution is 6.10. The Balaban J connectivity index is 1.48. The standard InChI is InChI=1S/C29H27N3O4/c1-3-24(29(35)32-25-14-8-10-19-9-4-5-11-22(19)25)30-28(34)23-12-6-7-13-26(23)31-27(33)20-15-17-21(36-2)18-16-20/h4-18,24H,3H2,1-2H3,(H,30,34)(H,31,33)(H,32,35)/t24-/m0/s1. The first-order valence-electron chi connectivity index (χ1n) is 11.6. The number of rotatable bonds is 8. The van der Waals surface area contributed by atoms with Crippen molar-refractivity contribution in [2.45, 2.75) is 19.4 Å². The second-order valence-corrected chi connectivity index (χ2v) is 8.18. The van der Waals surface area contributed by atoms with Crippen molar-refractivity contribution >= 4 is 39.9 Å². The Hall–Kier alpha value is -4.65. The van der Waals surface area contributed by atoms with Crippen molar-refractivity contribution in [1.82, 2.24) is 5.32 Å². The number of carbonyl (C=O) groups excluding carboxylic acids is 3. The first-order valence-corrected chi connectivity index (χ1v) is 11.6. The molecule has 7 nitrogen and oxygen atoms in total. The lowest BCUT2D eigenvalue weighted by Gasteiger charge is -2.19. The highest BCUT2D eigenvalue weighted by Crippen LogP contribution is 2.23. The van der Waals surface area contributed by atoms with Crippen molar-refractivity contribution < 1.29 is 19.1 Å². The van der Waals surface area contributed by atoms with E-state index < -0.39 is 11.9 Å². The second kappa shape index (κ2) is 11.2. The number of nitrogens with one attached hydrogen (secondary N) is 3. The van der Waals surface area contributed by atoms with Gasteiger partial charge in [0.25, 0.3) is 11.8 Å². The van der Waals surface area contributed by atoms with E-state index in [-0.39, 0.29) is 17.4 Å². The molecule has 4 aromatic rings. The Labute approximate surface area is 209 Å². The molecule has 0 saturated heterocycles. The molecule has 0 aromatic heterocycles. The molecule has 182 valence electrons. The van der Waals surface area contributed by atoms with Gasteiger partial charge in [-0.3, -0.25) is 14.4 Å². The van der Waals surface area contributed by atoms with Crippen LogP contribution in [-0.2, 0) is 4.79 Å². The van der Waals surface area contributed by atoms with Crippen molar-refractivity contribution in [3.8, 4) is 5.75 Å². The van der Waals surface area contributed by atoms with E-state index in [9.17, 15) is 14.4 Å². The number of hydrogen-bond donors (Lipinski definition) is 3. The minimum Gasteiger partial charge on any atom is -0.497 e. The molecular formula is C29H27N3O4. The molecule has 4 aromatic carbocycles. The first-order chi connectivity index (χ1) is 17.5. The molecule has 0 aliphatic rings. The number of fused-ring (bicyclic) bond motifs is 1. The molecule has 0 saturated carbocycles. The smallest absolute Gasteiger partial charge is 0.255 e. The molecule has 0 heterocycles. The topological polar surface area (TPSA) is 96.5 Å². The van der Waals surface area contributed by atoms with Crippen molar-refractivity contribution in [2.24, 2.45) is 0 Å². The molecule has 0 aliphatic carbocycles. The minimum absolute atomic E-state index is 0.260. The lowest BCUT2D eigenvalue weighted by Crippen LogP contribution is -2.43. The predicted octanol–water partition coefficient (Wildman–Crippen LogP) is 5.25. The van der Waals surface area contributed by atoms with E-state index in [0.29, 0.717) is 29.1 Å². The fourth-order valence-electron chi connectivity index (χ4n) is 3.87. The molecule has 0 radical (unpaired) electrons. The molecular weight excluding hydrogens is 454 g/mol. The molecule has 0 fully saturated rings. The van der Waals surface area contributed by atoms with Gasteiger partial charge in [0.05, 0.1) is 18.4 Å². The van der Waals surface area contributed by atoms with Crippen LogP contribution in [0.2, 0.25) is 0 Å². The largest absolute Gasteiger partial charge is 0.497 e. The van der Waals surface area contributed by atoms with Crippen molar-refractivity contribution in [3.05, 3.63) is 102 Å². The number of para-hydroxylation sites is 1. The highest BCUT2D eigenvalue weighted by Gasteiger charge is 2.22. The lowest BCUT2D eigenvalue weighted by molar-refractivity contribution is -0.118. The van der Waals surface area contributed by atoms with Gasteiger partial charge in [-0.25, -0.2) is 0 Å². The van der Waals surface area contributed by atoms with Gasteiger partial charge in [-0.1, -0.05) is 55.5 Å². The zero-order chi connectivity index (χ0) is 25.5. The fraction of sp³-hybridized carbons (Fsp3) is 0.138. The Bertz CT molecular complexity index is 1390. The second-order valence-electron chi connectivity index (χ2n) is 8.18. The van der Waals surface area contributed by atoms with Gasteiger partial charge < -0.3 is 20.7 Å². The van der Waals surface area contributed by atoms with Gasteiger partial charge in [0.1, 0.15) is 11.8 Å². The summed E-state index contributed by atoms with van der Waals surface area (Å²) in [6.07, 6.45) is 0.392. The van der Waals surface area contributed by atoms with Crippen LogP contribution in [0.3, 0.4) is 0 Å². The average molecular weight is 482 g/mol. The average Bonchev–Trinajstić information content (AvgIpc) is 2.92. The number of amides is 3. The van der Waals surface area contributed by atoms with Crippen LogP contribution in [0.4, 0.5) is 11.4 Å². The number of ether oxygens (including phenoxy) is 1. The summed E-state index contributed by atoms with van der Waals surface area (Å²) in [5.74, 6) is -0.500. The third-order valence-corrected chi connectivity index (χ3v) is 5.85. The van der Waals surface area contributed by atoms with Crippen molar-refractivity contribution in [1.29, 1.82) is 0 Å². The summed E-state index contributed by atoms with van der Waals surface area (Å²) < 4.78 is 5.13. The van der Waals surface area contributed by atoms with E-state index in [0.717, 1.165) is 10.8 Å². The molecule has 0 bridgehead atoms. The van der Waals surface area contributed by atoms with E-state index in [1.807, 2.05) is 49.4 Å². The Morgan fingerprint density at radius 2 is 1.42 bits per heavy atom. The zero-order valence-electron chi connectivity index (χ0n) is 20.1. The Morgan fingerprint density at radius 3 is 2.17 bits per heavy atom. The number of methoxy groups -OCH3 is 1. The molecule has 0 unspecified atom stereocenters. The van der Waals surface area contributed by atoms with E-state index in [4.69, 9.17) is 4.74 Å². The molecule has 1 atom stereocenters. The van der Waals surface area contributed by atoms with Crippen LogP contribution in [-0.4, -0.2) is 30.9 Å². The van der Waals surface area contributed by atoms with Crippen LogP contribution in [0.15, 0.2) is 91.0 Å². The summed E-state index contributed by atoms with van der Waals surface area (Å²) in [6.45, 7) is 1.82. The van der Waals surface area contributed by atoms with Crippen LogP contribution in [0, 0.1) is 0 Å². The van der Waals surface area contributed by atoms with Crippen LogP contribution < -0.4 is 20.7 Å². The molecule has 3 N–H and O–H groups in total. The Morgan fingerprint density at radius 1 is 0.750 bits per heavy atom. The summed E-state index contributed by atoms with van der Waals surface area (Å²) in [6, 6.07) is 26.0. The van der Waals surface area contributed by atoms with Gasteiger partial charge in [-0.15, -0.1) is 0 Å². The SMILES string of the molecule is CC[C@H](NC(=O)c1ccccc1NC(=O)c1ccc(OC)cc1)C(=O)Nc1cccc2ccccc12. The molecule has 0 aliphatic heterocycles. The van der Waals surface area contributed by atoms with Crippen molar-refractivity contribution in [2.75, 3.05) is 17.7 Å². The molecule has 36 heavy (non-hydrogen) atoms. The molecule has 4 rings (SSSR count). The minimum atomic E-state index is -0.762. The summed E-state index contributed by atoms with van der Waals surface area (Å²) in [4.78, 5) is 38.9. The lowest BCUT2D eigenvalue weighted by atomic mass is 10.1. The van der Waals surface area contributed by atoms with Gasteiger partial charge in [0.2, 0.25) is 5.91 Å². The number of benzene rings is 4. The van der Waals surface area contributed by atoms with E-state index >= 15 is 0 Å². The fourth-order valence-corrected chi connectivity index (χ4v) is 3.87. The van der Waals surface area contributed by atoms with E-state index in [2.05, 4.69) is 16.0 Å². The van der Waals surface area contributed by atoms with Crippen LogP contribution in [0.1, 0.15) is 34.1 Å². The maximum Gasteiger partial charge on any atom is 0.255 e. The van der Waals surface area contributed by atoms with Gasteiger partial charge in [-0.05, 0) is 54.3 Å². The molecule has 3 amide bonds. The number of carbonyl (C=O) groups is 3. The van der Waals surface area contributed by atoms with Gasteiger partial charge in [-0.2, -0.15) is 0 Å². The molecule has 0 spiro atoms. The van der Waals surface area contributed by atoms with Crippen LogP contribution >= 0.6 is 0 Å².